The molecule has 0 heterocycles. The molecule has 0 radical (unpaired) electrons. The average Bonchev–Trinajstić information content (AvgIpc) is 2.67. The van der Waals surface area contributed by atoms with Crippen LogP contribution in [0, 0.1) is 5.82 Å². The maximum absolute atomic E-state index is 12.9. The third-order valence-corrected chi connectivity index (χ3v) is 3.60. The minimum absolute atomic E-state index is 0.242. The van der Waals surface area contributed by atoms with E-state index in [1.54, 1.807) is 12.1 Å². The molecule has 0 amide bonds. The van der Waals surface area contributed by atoms with Crippen molar-refractivity contribution in [3.63, 3.8) is 0 Å². The van der Waals surface area contributed by atoms with Crippen molar-refractivity contribution >= 4 is 0 Å². The Hall–Kier alpha value is -1.99. The lowest BCUT2D eigenvalue weighted by Crippen LogP contribution is -2.20. The summed E-state index contributed by atoms with van der Waals surface area (Å²) in [6, 6.07) is 14.2. The molecule has 0 fully saturated rings. The highest BCUT2D eigenvalue weighted by molar-refractivity contribution is 5.29. The van der Waals surface area contributed by atoms with Gasteiger partial charge >= 0.3 is 0 Å². The normalized spacial score (nSPS) is 10.8. The van der Waals surface area contributed by atoms with Crippen LogP contribution in [0.1, 0.15) is 11.1 Å². The second-order valence-electron chi connectivity index (χ2n) is 5.75. The summed E-state index contributed by atoms with van der Waals surface area (Å²) in [6.45, 7) is 4.80. The Balaban J connectivity index is 1.61. The van der Waals surface area contributed by atoms with Crippen molar-refractivity contribution in [3.05, 3.63) is 65.5 Å². The first-order valence-corrected chi connectivity index (χ1v) is 8.80. The van der Waals surface area contributed by atoms with E-state index < -0.39 is 0 Å². The summed E-state index contributed by atoms with van der Waals surface area (Å²) in [7, 11) is 0. The van der Waals surface area contributed by atoms with E-state index in [9.17, 15) is 4.39 Å². The fraction of sp³-hybridized carbons (Fsp3) is 0.400. The van der Waals surface area contributed by atoms with Gasteiger partial charge in [-0.15, -0.1) is 0 Å². The molecule has 2 aromatic rings. The van der Waals surface area contributed by atoms with E-state index in [1.165, 1.54) is 12.1 Å². The van der Waals surface area contributed by atoms with Gasteiger partial charge in [-0.25, -0.2) is 4.39 Å². The van der Waals surface area contributed by atoms with Crippen LogP contribution in [-0.4, -0.2) is 39.5 Å². The van der Waals surface area contributed by atoms with E-state index in [2.05, 4.69) is 5.32 Å². The number of nitrogens with one attached hydrogen (secondary N) is 1. The van der Waals surface area contributed by atoms with Crippen LogP contribution in [0.15, 0.2) is 48.5 Å². The van der Waals surface area contributed by atoms with Gasteiger partial charge in [0.1, 0.15) is 18.2 Å². The van der Waals surface area contributed by atoms with Crippen LogP contribution in [0.25, 0.3) is 0 Å². The molecule has 2 aromatic carbocycles. The van der Waals surface area contributed by atoms with Crippen molar-refractivity contribution in [3.8, 4) is 5.75 Å². The zero-order valence-electron chi connectivity index (χ0n) is 15.0. The molecule has 0 saturated heterocycles. The first kappa shape index (κ1) is 20.3. The molecule has 0 spiro atoms. The van der Waals surface area contributed by atoms with Crippen LogP contribution in [0.4, 0.5) is 4.39 Å². The summed E-state index contributed by atoms with van der Waals surface area (Å²) < 4.78 is 29.4. The Morgan fingerprint density at radius 3 is 2.42 bits per heavy atom. The van der Waals surface area contributed by atoms with Crippen LogP contribution < -0.4 is 15.8 Å². The lowest BCUT2D eigenvalue weighted by molar-refractivity contribution is 0.0518. The Kier molecular flexibility index (Phi) is 9.67. The van der Waals surface area contributed by atoms with E-state index in [1.807, 2.05) is 24.3 Å². The maximum atomic E-state index is 12.9. The molecule has 0 aliphatic rings. The van der Waals surface area contributed by atoms with Gasteiger partial charge in [0.2, 0.25) is 0 Å². The smallest absolute Gasteiger partial charge is 0.123 e. The lowest BCUT2D eigenvalue weighted by atomic mass is 10.2. The maximum Gasteiger partial charge on any atom is 0.123 e. The minimum atomic E-state index is -0.242. The van der Waals surface area contributed by atoms with E-state index in [-0.39, 0.29) is 5.82 Å². The van der Waals surface area contributed by atoms with Crippen molar-refractivity contribution in [2.24, 2.45) is 5.73 Å². The molecule has 5 nitrogen and oxygen atoms in total. The second-order valence-corrected chi connectivity index (χ2v) is 5.75. The Morgan fingerprint density at radius 1 is 0.885 bits per heavy atom. The van der Waals surface area contributed by atoms with Gasteiger partial charge in [0, 0.05) is 19.6 Å². The van der Waals surface area contributed by atoms with Crippen LogP contribution in [0.3, 0.4) is 0 Å². The van der Waals surface area contributed by atoms with Gasteiger partial charge in [-0.2, -0.15) is 0 Å². The number of hydrogen-bond donors (Lipinski definition) is 2. The van der Waals surface area contributed by atoms with Gasteiger partial charge < -0.3 is 25.3 Å². The molecular formula is C20H27FN2O3. The molecule has 0 aliphatic carbocycles. The predicted octanol–water partition coefficient (Wildman–Crippen LogP) is 2.49. The van der Waals surface area contributed by atoms with Crippen molar-refractivity contribution in [1.29, 1.82) is 0 Å². The highest BCUT2D eigenvalue weighted by Gasteiger charge is 1.99. The number of hydrogen-bond acceptors (Lipinski definition) is 5. The topological polar surface area (TPSA) is 65.7 Å². The van der Waals surface area contributed by atoms with E-state index in [0.29, 0.717) is 39.6 Å². The van der Waals surface area contributed by atoms with Crippen LogP contribution >= 0.6 is 0 Å². The Labute approximate surface area is 154 Å². The first-order valence-electron chi connectivity index (χ1n) is 8.80. The molecule has 0 atom stereocenters. The van der Waals surface area contributed by atoms with E-state index in [4.69, 9.17) is 19.9 Å². The van der Waals surface area contributed by atoms with Gasteiger partial charge in [0.15, 0.2) is 0 Å². The minimum Gasteiger partial charge on any atom is -0.489 e. The molecule has 0 bridgehead atoms. The molecule has 142 valence electrons. The molecule has 0 saturated carbocycles. The highest BCUT2D eigenvalue weighted by Crippen LogP contribution is 2.15. The lowest BCUT2D eigenvalue weighted by Gasteiger charge is -2.10. The molecular weight excluding hydrogens is 335 g/mol. The number of nitrogens with two attached hydrogens (primary N) is 1. The highest BCUT2D eigenvalue weighted by atomic mass is 19.1. The van der Waals surface area contributed by atoms with E-state index >= 15 is 0 Å². The number of benzene rings is 2. The first-order chi connectivity index (χ1) is 12.8. The Bertz CT molecular complexity index is 623. The fourth-order valence-electron chi connectivity index (χ4n) is 2.27. The predicted molar refractivity (Wildman–Crippen MR) is 99.6 cm³/mol. The summed E-state index contributed by atoms with van der Waals surface area (Å²) >= 11 is 0. The van der Waals surface area contributed by atoms with Gasteiger partial charge in [0.25, 0.3) is 0 Å². The third kappa shape index (κ3) is 8.40. The van der Waals surface area contributed by atoms with Crippen molar-refractivity contribution < 1.29 is 18.6 Å². The summed E-state index contributed by atoms with van der Waals surface area (Å²) in [5.74, 6) is 0.552. The van der Waals surface area contributed by atoms with Crippen molar-refractivity contribution in [2.45, 2.75) is 13.2 Å². The van der Waals surface area contributed by atoms with Crippen LogP contribution in [0.5, 0.6) is 5.75 Å². The number of ether oxygens (including phenoxy) is 3. The fourth-order valence-corrected chi connectivity index (χ4v) is 2.27. The summed E-state index contributed by atoms with van der Waals surface area (Å²) in [5, 5.41) is 3.33. The SMILES string of the molecule is NCCOCCOCCNCc1cccc(OCc2ccc(F)cc2)c1. The van der Waals surface area contributed by atoms with Gasteiger partial charge in [-0.05, 0) is 35.4 Å². The summed E-state index contributed by atoms with van der Waals surface area (Å²) in [4.78, 5) is 0. The van der Waals surface area contributed by atoms with E-state index in [0.717, 1.165) is 30.0 Å². The average molecular weight is 362 g/mol. The standard InChI is InChI=1S/C20H27FN2O3/c21-19-6-4-17(5-7-19)16-26-20-3-1-2-18(14-20)15-23-9-11-25-13-12-24-10-8-22/h1-7,14,23H,8-13,15-16,22H2. The van der Waals surface area contributed by atoms with Gasteiger partial charge in [-0.3, -0.25) is 0 Å². The van der Waals surface area contributed by atoms with Crippen molar-refractivity contribution in [1.82, 2.24) is 5.32 Å². The van der Waals surface area contributed by atoms with Crippen LogP contribution in [0.2, 0.25) is 0 Å². The summed E-state index contributed by atoms with van der Waals surface area (Å²) in [5.41, 5.74) is 7.40. The van der Waals surface area contributed by atoms with Crippen molar-refractivity contribution in [2.75, 3.05) is 39.5 Å². The molecule has 0 unspecified atom stereocenters. The number of halogens is 1. The molecule has 0 aliphatic heterocycles. The molecule has 0 aromatic heterocycles. The van der Waals surface area contributed by atoms with Gasteiger partial charge in [0.05, 0.1) is 26.4 Å². The molecule has 26 heavy (non-hydrogen) atoms. The second kappa shape index (κ2) is 12.4. The van der Waals surface area contributed by atoms with Crippen LogP contribution in [-0.2, 0) is 22.6 Å². The van der Waals surface area contributed by atoms with Gasteiger partial charge in [-0.1, -0.05) is 24.3 Å². The Morgan fingerprint density at radius 2 is 1.65 bits per heavy atom. The third-order valence-electron chi connectivity index (χ3n) is 3.60. The molecule has 6 heteroatoms. The quantitative estimate of drug-likeness (QED) is 0.536. The summed E-state index contributed by atoms with van der Waals surface area (Å²) in [6.07, 6.45) is 0. The molecule has 3 N–H and O–H groups in total. The zero-order chi connectivity index (χ0) is 18.5. The largest absolute Gasteiger partial charge is 0.489 e. The monoisotopic (exact) mass is 362 g/mol. The zero-order valence-corrected chi connectivity index (χ0v) is 15.0. The number of rotatable bonds is 13. The molecule has 2 rings (SSSR count).